The van der Waals surface area contributed by atoms with E-state index in [2.05, 4.69) is 0 Å². The van der Waals surface area contributed by atoms with Gasteiger partial charge in [-0.1, -0.05) is 23.2 Å². The van der Waals surface area contributed by atoms with Gasteiger partial charge in [0.05, 0.1) is 15.3 Å². The lowest BCUT2D eigenvalue weighted by atomic mass is 10.2. The van der Waals surface area contributed by atoms with Crippen molar-refractivity contribution in [3.8, 4) is 23.3 Å². The summed E-state index contributed by atoms with van der Waals surface area (Å²) in [7, 11) is -8.98. The second-order valence-electron chi connectivity index (χ2n) is 7.16. The summed E-state index contributed by atoms with van der Waals surface area (Å²) in [5, 5.41) is 9.06. The fraction of sp³-hybridized carbons (Fsp3) is 0.250. The number of benzene rings is 2. The van der Waals surface area contributed by atoms with Crippen molar-refractivity contribution in [3.05, 3.63) is 45.7 Å². The van der Waals surface area contributed by atoms with E-state index in [1.807, 2.05) is 4.72 Å². The molecule has 0 spiro atoms. The fourth-order valence-corrected chi connectivity index (χ4v) is 7.56. The lowest BCUT2D eigenvalue weighted by molar-refractivity contribution is 0.279. The summed E-state index contributed by atoms with van der Waals surface area (Å²) < 4.78 is 70.0. The second-order valence-corrected chi connectivity index (χ2v) is 12.7. The summed E-state index contributed by atoms with van der Waals surface area (Å²) in [6.45, 7) is 0.475. The monoisotopic (exact) mass is 612 g/mol. The Labute approximate surface area is 225 Å². The van der Waals surface area contributed by atoms with E-state index in [9.17, 15) is 22.3 Å². The smallest absolute Gasteiger partial charge is 0.391 e. The molecule has 0 radical (unpaired) electrons. The molecule has 0 aliphatic carbocycles. The number of sulfonamides is 1. The molecule has 0 aliphatic heterocycles. The molecule has 6 N–H and O–H groups in total. The number of rotatable bonds is 12. The van der Waals surface area contributed by atoms with E-state index in [0.29, 0.717) is 0 Å². The molecule has 0 bridgehead atoms. The van der Waals surface area contributed by atoms with Gasteiger partial charge < -0.3 is 30.4 Å². The van der Waals surface area contributed by atoms with Gasteiger partial charge in [-0.3, -0.25) is 0 Å². The normalized spacial score (nSPS) is 13.2. The van der Waals surface area contributed by atoms with Crippen LogP contribution in [-0.2, 0) is 14.6 Å². The summed E-state index contributed by atoms with van der Waals surface area (Å²) >= 11 is 13.7. The van der Waals surface area contributed by atoms with Gasteiger partial charge in [-0.15, -0.1) is 11.3 Å². The Bertz CT molecular complexity index is 1460. The molecule has 3 rings (SSSR count). The van der Waals surface area contributed by atoms with Gasteiger partial charge in [0.25, 0.3) is 10.0 Å². The Morgan fingerprint density at radius 3 is 2.32 bits per heavy atom. The van der Waals surface area contributed by atoms with Crippen molar-refractivity contribution in [2.75, 3.05) is 32.6 Å². The van der Waals surface area contributed by atoms with Crippen molar-refractivity contribution < 1.29 is 36.3 Å². The van der Waals surface area contributed by atoms with Crippen LogP contribution in [0.2, 0.25) is 10.0 Å². The van der Waals surface area contributed by atoms with Gasteiger partial charge in [-0.25, -0.2) is 17.4 Å². The standard InChI is InChI=1S/C20H20Cl2FN4O7PS2/c21-16-13-8-15(36-20(13)17(22)19(33-6-4-25)18(16)32-5-3-24)37(30,31)27-10-35(28,29)34-12-2-1-11(9-26)14(23)7-12/h1-2,7-8,27H,3-6,10,24-25H2,(H,28,29). The van der Waals surface area contributed by atoms with Crippen LogP contribution in [-0.4, -0.2) is 45.9 Å². The van der Waals surface area contributed by atoms with Crippen molar-refractivity contribution in [1.82, 2.24) is 4.72 Å². The molecule has 1 atom stereocenters. The van der Waals surface area contributed by atoms with Crippen LogP contribution in [0.5, 0.6) is 17.2 Å². The molecule has 11 nitrogen and oxygen atoms in total. The van der Waals surface area contributed by atoms with Crippen LogP contribution >= 0.6 is 42.1 Å². The van der Waals surface area contributed by atoms with E-state index in [1.54, 1.807) is 6.07 Å². The molecule has 1 heterocycles. The maximum absolute atomic E-state index is 13.7. The van der Waals surface area contributed by atoms with Crippen molar-refractivity contribution in [2.24, 2.45) is 11.5 Å². The van der Waals surface area contributed by atoms with Crippen LogP contribution in [0, 0.1) is 17.1 Å². The highest BCUT2D eigenvalue weighted by atomic mass is 35.5. The van der Waals surface area contributed by atoms with Crippen molar-refractivity contribution in [1.29, 1.82) is 5.26 Å². The molecule has 17 heteroatoms. The van der Waals surface area contributed by atoms with Crippen LogP contribution in [0.4, 0.5) is 4.39 Å². The first-order chi connectivity index (χ1) is 17.4. The zero-order valence-corrected chi connectivity index (χ0v) is 22.8. The molecule has 0 aliphatic rings. The third kappa shape index (κ3) is 6.83. The van der Waals surface area contributed by atoms with Gasteiger partial charge in [0.15, 0.2) is 11.5 Å². The van der Waals surface area contributed by atoms with E-state index in [-0.39, 0.29) is 73.5 Å². The average Bonchev–Trinajstić information content (AvgIpc) is 3.31. The minimum Gasteiger partial charge on any atom is -0.487 e. The van der Waals surface area contributed by atoms with Crippen LogP contribution in [0.3, 0.4) is 0 Å². The number of ether oxygens (including phenoxy) is 2. The number of hydrogen-bond donors (Lipinski definition) is 4. The molecule has 1 unspecified atom stereocenters. The Morgan fingerprint density at radius 1 is 1.14 bits per heavy atom. The van der Waals surface area contributed by atoms with E-state index in [1.165, 1.54) is 6.07 Å². The van der Waals surface area contributed by atoms with Gasteiger partial charge in [0, 0.05) is 24.5 Å². The van der Waals surface area contributed by atoms with Crippen LogP contribution < -0.4 is 30.2 Å². The second kappa shape index (κ2) is 12.1. The average molecular weight is 613 g/mol. The first kappa shape index (κ1) is 29.4. The number of nitrogens with zero attached hydrogens (tertiary/aromatic N) is 1. The van der Waals surface area contributed by atoms with Crippen molar-refractivity contribution in [2.45, 2.75) is 4.21 Å². The SMILES string of the molecule is N#Cc1ccc(OP(=O)(O)CNS(=O)(=O)c2cc3c(Cl)c(OCCN)c(OCCN)c(Cl)c3s2)cc1F. The summed E-state index contributed by atoms with van der Waals surface area (Å²) in [4.78, 5) is 10.1. The highest BCUT2D eigenvalue weighted by Gasteiger charge is 2.29. The van der Waals surface area contributed by atoms with E-state index >= 15 is 0 Å². The highest BCUT2D eigenvalue weighted by Crippen LogP contribution is 2.51. The Hall–Kier alpha value is -2.18. The number of thiophene rings is 1. The fourth-order valence-electron chi connectivity index (χ4n) is 2.91. The van der Waals surface area contributed by atoms with Crippen LogP contribution in [0.1, 0.15) is 5.56 Å². The largest absolute Gasteiger partial charge is 0.487 e. The van der Waals surface area contributed by atoms with Gasteiger partial charge >= 0.3 is 7.60 Å². The van der Waals surface area contributed by atoms with Gasteiger partial charge in [-0.05, 0) is 18.2 Å². The lowest BCUT2D eigenvalue weighted by Crippen LogP contribution is -2.25. The van der Waals surface area contributed by atoms with Crippen molar-refractivity contribution >= 4 is 62.2 Å². The first-order valence-corrected chi connectivity index (χ1v) is 15.1. The highest BCUT2D eigenvalue weighted by molar-refractivity contribution is 7.92. The number of hydrogen-bond acceptors (Lipinski definition) is 10. The number of nitriles is 1. The van der Waals surface area contributed by atoms with E-state index in [4.69, 9.17) is 53.9 Å². The zero-order chi connectivity index (χ0) is 27.4. The van der Waals surface area contributed by atoms with Gasteiger partial charge in [-0.2, -0.15) is 9.98 Å². The van der Waals surface area contributed by atoms with E-state index in [0.717, 1.165) is 29.5 Å². The third-order valence-electron chi connectivity index (χ3n) is 4.51. The molecule has 2 aromatic carbocycles. The number of fused-ring (bicyclic) bond motifs is 1. The summed E-state index contributed by atoms with van der Waals surface area (Å²) in [5.74, 6) is -1.20. The number of halogens is 3. The zero-order valence-electron chi connectivity index (χ0n) is 18.7. The number of nitrogens with one attached hydrogen (secondary N) is 1. The molecule has 0 saturated carbocycles. The summed E-state index contributed by atoms with van der Waals surface area (Å²) in [5.41, 5.74) is 10.7. The summed E-state index contributed by atoms with van der Waals surface area (Å²) in [6.07, 6.45) is -1.04. The lowest BCUT2D eigenvalue weighted by Gasteiger charge is -2.16. The molecule has 0 fully saturated rings. The molecule has 0 amide bonds. The minimum absolute atomic E-state index is 0.0246. The third-order valence-corrected chi connectivity index (χ3v) is 9.65. The molecular weight excluding hydrogens is 593 g/mol. The molecule has 3 aromatic rings. The van der Waals surface area contributed by atoms with Crippen LogP contribution in [0.25, 0.3) is 10.1 Å². The molecule has 0 saturated heterocycles. The summed E-state index contributed by atoms with van der Waals surface area (Å²) in [6, 6.07) is 5.71. The number of nitrogens with two attached hydrogens (primary N) is 2. The maximum atomic E-state index is 13.7. The quantitative estimate of drug-likeness (QED) is 0.221. The topological polar surface area (TPSA) is 187 Å². The van der Waals surface area contributed by atoms with Gasteiger partial charge in [0.1, 0.15) is 46.4 Å². The Morgan fingerprint density at radius 2 is 1.76 bits per heavy atom. The Kier molecular flexibility index (Phi) is 9.62. The predicted molar refractivity (Wildman–Crippen MR) is 138 cm³/mol. The van der Waals surface area contributed by atoms with Crippen LogP contribution in [0.15, 0.2) is 28.5 Å². The molecule has 37 heavy (non-hydrogen) atoms. The predicted octanol–water partition coefficient (Wildman–Crippen LogP) is 3.39. The first-order valence-electron chi connectivity index (χ1n) is 10.2. The molecule has 200 valence electrons. The minimum atomic E-state index is -4.62. The van der Waals surface area contributed by atoms with Crippen molar-refractivity contribution in [3.63, 3.8) is 0 Å². The molecule has 1 aromatic heterocycles. The maximum Gasteiger partial charge on any atom is 0.391 e. The molecular formula is C20H20Cl2FN4O7PS2. The van der Waals surface area contributed by atoms with E-state index < -0.39 is 29.7 Å². The van der Waals surface area contributed by atoms with Gasteiger partial charge in [0.2, 0.25) is 0 Å². The Balaban J connectivity index is 1.89.